The maximum Gasteiger partial charge on any atom is 0.237 e. The van der Waals surface area contributed by atoms with E-state index < -0.39 is 0 Å². The number of carbonyl (C=O) groups excluding carboxylic acids is 2. The Morgan fingerprint density at radius 2 is 1.50 bits per heavy atom. The molecule has 1 aliphatic heterocycles. The highest BCUT2D eigenvalue weighted by atomic mass is 79.9. The Morgan fingerprint density at radius 3 is 2.00 bits per heavy atom. The molecule has 3 rings (SSSR count). The summed E-state index contributed by atoms with van der Waals surface area (Å²) in [5.74, 6) is -0.718. The van der Waals surface area contributed by atoms with Crippen molar-refractivity contribution in [1.82, 2.24) is 0 Å². The number of nitrogens with two attached hydrogens (primary N) is 1. The van der Waals surface area contributed by atoms with E-state index in [-0.39, 0.29) is 33.3 Å². The molecule has 2 amide bonds. The summed E-state index contributed by atoms with van der Waals surface area (Å²) >= 11 is 7.15. The van der Waals surface area contributed by atoms with Crippen molar-refractivity contribution in [3.05, 3.63) is 24.3 Å². The zero-order valence-corrected chi connectivity index (χ0v) is 13.8. The predicted molar refractivity (Wildman–Crippen MR) is 85.0 cm³/mol. The van der Waals surface area contributed by atoms with Crippen LogP contribution in [0.5, 0.6) is 0 Å². The smallest absolute Gasteiger partial charge is 0.237 e. The molecule has 106 valence electrons. The van der Waals surface area contributed by atoms with Crippen LogP contribution in [-0.4, -0.2) is 21.5 Å². The van der Waals surface area contributed by atoms with E-state index in [1.54, 1.807) is 24.3 Å². The standard InChI is InChI=1S/C14H14Br2N2O2/c15-9-5-7-8(6-10(9)16)14(20)18(13(7)19)12-4-2-1-3-11(12)17/h1-4,7-10H,5-6,17H2/t7-,8-,9-,10-/m0/s1. The van der Waals surface area contributed by atoms with Gasteiger partial charge in [-0.15, -0.1) is 0 Å². The molecule has 2 aliphatic rings. The van der Waals surface area contributed by atoms with Crippen molar-refractivity contribution in [3.8, 4) is 0 Å². The second-order valence-electron chi connectivity index (χ2n) is 5.29. The lowest BCUT2D eigenvalue weighted by Crippen LogP contribution is -2.34. The molecule has 1 heterocycles. The third kappa shape index (κ3) is 2.09. The van der Waals surface area contributed by atoms with Gasteiger partial charge in [0.05, 0.1) is 23.2 Å². The maximum absolute atomic E-state index is 12.6. The van der Waals surface area contributed by atoms with Crippen LogP contribution < -0.4 is 10.6 Å². The van der Waals surface area contributed by atoms with Crippen molar-refractivity contribution in [2.45, 2.75) is 22.5 Å². The molecule has 0 bridgehead atoms. The van der Waals surface area contributed by atoms with Gasteiger partial charge in [0, 0.05) is 9.65 Å². The van der Waals surface area contributed by atoms with Crippen molar-refractivity contribution in [2.24, 2.45) is 11.8 Å². The Balaban J connectivity index is 1.97. The van der Waals surface area contributed by atoms with Crippen LogP contribution in [-0.2, 0) is 9.59 Å². The molecule has 4 nitrogen and oxygen atoms in total. The van der Waals surface area contributed by atoms with E-state index in [0.29, 0.717) is 24.2 Å². The third-order valence-electron chi connectivity index (χ3n) is 4.09. The van der Waals surface area contributed by atoms with Crippen molar-refractivity contribution in [3.63, 3.8) is 0 Å². The van der Waals surface area contributed by atoms with Crippen LogP contribution in [0.15, 0.2) is 24.3 Å². The molecular weight excluding hydrogens is 388 g/mol. The summed E-state index contributed by atoms with van der Waals surface area (Å²) in [5.41, 5.74) is 6.87. The van der Waals surface area contributed by atoms with E-state index in [0.717, 1.165) is 0 Å². The molecule has 1 saturated carbocycles. The monoisotopic (exact) mass is 400 g/mol. The molecule has 1 saturated heterocycles. The predicted octanol–water partition coefficient (Wildman–Crippen LogP) is 2.70. The summed E-state index contributed by atoms with van der Waals surface area (Å²) in [6, 6.07) is 7.01. The number of fused-ring (bicyclic) bond motifs is 1. The minimum Gasteiger partial charge on any atom is -0.397 e. The summed E-state index contributed by atoms with van der Waals surface area (Å²) in [6.07, 6.45) is 1.35. The number of rotatable bonds is 1. The van der Waals surface area contributed by atoms with Gasteiger partial charge >= 0.3 is 0 Å². The van der Waals surface area contributed by atoms with E-state index in [9.17, 15) is 9.59 Å². The molecule has 1 aliphatic carbocycles. The lowest BCUT2D eigenvalue weighted by molar-refractivity contribution is -0.122. The Labute approximate surface area is 133 Å². The molecule has 1 aromatic rings. The maximum atomic E-state index is 12.6. The molecule has 20 heavy (non-hydrogen) atoms. The molecule has 0 radical (unpaired) electrons. The fourth-order valence-corrected chi connectivity index (χ4v) is 4.26. The summed E-state index contributed by atoms with van der Waals surface area (Å²) in [7, 11) is 0. The van der Waals surface area contributed by atoms with Gasteiger partial charge in [0.15, 0.2) is 0 Å². The molecule has 4 atom stereocenters. The van der Waals surface area contributed by atoms with Crippen molar-refractivity contribution < 1.29 is 9.59 Å². The number of imide groups is 1. The number of hydrogen-bond donors (Lipinski definition) is 1. The zero-order valence-electron chi connectivity index (χ0n) is 10.6. The number of hydrogen-bond acceptors (Lipinski definition) is 3. The van der Waals surface area contributed by atoms with Gasteiger partial charge in [-0.25, -0.2) is 4.90 Å². The van der Waals surface area contributed by atoms with Crippen LogP contribution in [0.3, 0.4) is 0 Å². The summed E-state index contributed by atoms with van der Waals surface area (Å²) < 4.78 is 0. The average Bonchev–Trinajstić information content (AvgIpc) is 2.64. The van der Waals surface area contributed by atoms with Gasteiger partial charge in [0.25, 0.3) is 0 Å². The fraction of sp³-hybridized carbons (Fsp3) is 0.429. The van der Waals surface area contributed by atoms with E-state index in [2.05, 4.69) is 31.9 Å². The van der Waals surface area contributed by atoms with E-state index in [1.807, 2.05) is 0 Å². The largest absolute Gasteiger partial charge is 0.397 e. The minimum absolute atomic E-state index is 0.123. The van der Waals surface area contributed by atoms with Gasteiger partial charge in [-0.1, -0.05) is 44.0 Å². The molecule has 0 spiro atoms. The van der Waals surface area contributed by atoms with Crippen molar-refractivity contribution in [2.75, 3.05) is 10.6 Å². The van der Waals surface area contributed by atoms with Gasteiger partial charge in [0.2, 0.25) is 11.8 Å². The van der Waals surface area contributed by atoms with Gasteiger partial charge in [-0.3, -0.25) is 9.59 Å². The second kappa shape index (κ2) is 5.15. The van der Waals surface area contributed by atoms with Gasteiger partial charge in [-0.2, -0.15) is 0 Å². The van der Waals surface area contributed by atoms with Crippen molar-refractivity contribution >= 4 is 55.0 Å². The first-order valence-corrected chi connectivity index (χ1v) is 8.34. The van der Waals surface area contributed by atoms with Crippen LogP contribution >= 0.6 is 31.9 Å². The number of carbonyl (C=O) groups is 2. The second-order valence-corrected chi connectivity index (χ2v) is 7.64. The van der Waals surface area contributed by atoms with E-state index in [1.165, 1.54) is 4.90 Å². The Morgan fingerprint density at radius 1 is 1.00 bits per heavy atom. The Hall–Kier alpha value is -0.880. The zero-order chi connectivity index (χ0) is 14.4. The first-order chi connectivity index (χ1) is 9.50. The van der Waals surface area contributed by atoms with E-state index >= 15 is 0 Å². The number of anilines is 2. The highest BCUT2D eigenvalue weighted by Crippen LogP contribution is 2.45. The van der Waals surface area contributed by atoms with Crippen molar-refractivity contribution in [1.29, 1.82) is 0 Å². The molecule has 0 unspecified atom stereocenters. The molecule has 0 aromatic heterocycles. The first-order valence-electron chi connectivity index (χ1n) is 6.51. The highest BCUT2D eigenvalue weighted by Gasteiger charge is 2.52. The number of amides is 2. The van der Waals surface area contributed by atoms with Crippen LogP contribution in [0, 0.1) is 11.8 Å². The van der Waals surface area contributed by atoms with Gasteiger partial charge in [0.1, 0.15) is 0 Å². The highest BCUT2D eigenvalue weighted by molar-refractivity contribution is 9.12. The molecular formula is C14H14Br2N2O2. The number of halogens is 2. The van der Waals surface area contributed by atoms with E-state index in [4.69, 9.17) is 5.73 Å². The summed E-state index contributed by atoms with van der Waals surface area (Å²) in [5, 5.41) is 0. The average molecular weight is 402 g/mol. The Bertz CT molecular complexity index is 550. The minimum atomic E-state index is -0.236. The summed E-state index contributed by atoms with van der Waals surface area (Å²) in [4.78, 5) is 26.8. The lowest BCUT2D eigenvalue weighted by Gasteiger charge is -2.29. The van der Waals surface area contributed by atoms with Crippen LogP contribution in [0.1, 0.15) is 12.8 Å². The number of benzene rings is 1. The summed E-state index contributed by atoms with van der Waals surface area (Å²) in [6.45, 7) is 0. The van der Waals surface area contributed by atoms with Gasteiger partial charge in [-0.05, 0) is 25.0 Å². The lowest BCUT2D eigenvalue weighted by atomic mass is 9.81. The first kappa shape index (κ1) is 14.1. The molecule has 1 aromatic carbocycles. The Kier molecular flexibility index (Phi) is 3.62. The fourth-order valence-electron chi connectivity index (χ4n) is 3.02. The van der Waals surface area contributed by atoms with Crippen LogP contribution in [0.4, 0.5) is 11.4 Å². The van der Waals surface area contributed by atoms with Crippen LogP contribution in [0.25, 0.3) is 0 Å². The van der Waals surface area contributed by atoms with Crippen LogP contribution in [0.2, 0.25) is 0 Å². The number of nitrogen functional groups attached to an aromatic ring is 1. The number of alkyl halides is 2. The van der Waals surface area contributed by atoms with Gasteiger partial charge < -0.3 is 5.73 Å². The topological polar surface area (TPSA) is 63.4 Å². The molecule has 6 heteroatoms. The number of para-hydroxylation sites is 2. The molecule has 2 fully saturated rings. The normalized spacial score (nSPS) is 33.4. The number of nitrogens with zero attached hydrogens (tertiary/aromatic N) is 1. The SMILES string of the molecule is Nc1ccccc1N1C(=O)[C@H]2C[C@H](Br)[C@@H](Br)C[C@@H]2C1=O. The molecule has 2 N–H and O–H groups in total. The quantitative estimate of drug-likeness (QED) is 0.447. The third-order valence-corrected chi connectivity index (χ3v) is 6.82.